The number of hydrogen-bond donors (Lipinski definition) is 2. The highest BCUT2D eigenvalue weighted by Gasteiger charge is 2.44. The van der Waals surface area contributed by atoms with Crippen LogP contribution in [0.1, 0.15) is 114 Å². The van der Waals surface area contributed by atoms with E-state index in [4.69, 9.17) is 0 Å². The van der Waals surface area contributed by atoms with Crippen molar-refractivity contribution in [1.29, 1.82) is 0 Å². The van der Waals surface area contributed by atoms with Crippen LogP contribution in [0.2, 0.25) is 0 Å². The van der Waals surface area contributed by atoms with Gasteiger partial charge in [-0.1, -0.05) is 12.8 Å². The van der Waals surface area contributed by atoms with Gasteiger partial charge in [-0.2, -0.15) is 52.7 Å². The summed E-state index contributed by atoms with van der Waals surface area (Å²) in [6.45, 7) is 3.42. The second-order valence-electron chi connectivity index (χ2n) is 15.0. The number of nitrogens with zero attached hydrogens (tertiary/aromatic N) is 2. The summed E-state index contributed by atoms with van der Waals surface area (Å²) in [7, 11) is 0. The zero-order valence-electron chi connectivity index (χ0n) is 31.3. The van der Waals surface area contributed by atoms with Gasteiger partial charge in [0.05, 0.1) is 33.4 Å². The first-order chi connectivity index (χ1) is 27.0. The minimum atomic E-state index is -5.31. The summed E-state index contributed by atoms with van der Waals surface area (Å²) in [6.07, 6.45) is -9.70. The third kappa shape index (κ3) is 10.9. The van der Waals surface area contributed by atoms with E-state index in [1.54, 1.807) is 0 Å². The van der Waals surface area contributed by atoms with Crippen LogP contribution in [0.15, 0.2) is 29.2 Å². The Morgan fingerprint density at radius 1 is 0.552 bits per heavy atom. The number of hydrogen-bond acceptors (Lipinski definition) is 5. The van der Waals surface area contributed by atoms with Crippen molar-refractivity contribution in [2.45, 2.75) is 124 Å². The van der Waals surface area contributed by atoms with Gasteiger partial charge < -0.3 is 10.6 Å². The van der Waals surface area contributed by atoms with Gasteiger partial charge in [-0.05, 0) is 114 Å². The van der Waals surface area contributed by atoms with Gasteiger partial charge in [0.15, 0.2) is 0 Å². The van der Waals surface area contributed by atoms with E-state index in [2.05, 4.69) is 20.4 Å². The summed E-state index contributed by atoms with van der Waals surface area (Å²) in [6, 6.07) is -0.427. The minimum absolute atomic E-state index is 0.0352. The van der Waals surface area contributed by atoms with Crippen LogP contribution < -0.4 is 10.6 Å². The van der Waals surface area contributed by atoms with Crippen LogP contribution in [-0.2, 0) is 24.7 Å². The molecule has 58 heavy (non-hydrogen) atoms. The number of carbonyl (C=O) groups excluding carboxylic acids is 2. The molecular weight excluding hydrogens is 823 g/mol. The van der Waals surface area contributed by atoms with E-state index in [1.165, 1.54) is 6.26 Å². The average Bonchev–Trinajstić information content (AvgIpc) is 3.94. The molecule has 0 unspecified atom stereocenters. The molecule has 0 spiro atoms. The van der Waals surface area contributed by atoms with Crippen molar-refractivity contribution in [2.24, 2.45) is 0 Å². The summed E-state index contributed by atoms with van der Waals surface area (Å²) in [5.74, 6) is -4.14. The Hall–Kier alpha value is -3.26. The Kier molecular flexibility index (Phi) is 14.3. The van der Waals surface area contributed by atoms with Crippen LogP contribution in [0.25, 0.3) is 0 Å². The van der Waals surface area contributed by atoms with Crippen molar-refractivity contribution in [3.8, 4) is 0 Å². The lowest BCUT2D eigenvalue weighted by atomic mass is 9.88. The predicted octanol–water partition coefficient (Wildman–Crippen LogP) is 10.2. The number of thioether (sulfide) groups is 1. The lowest BCUT2D eigenvalue weighted by Crippen LogP contribution is -2.52. The number of halogens is 13. The van der Waals surface area contributed by atoms with E-state index in [0.29, 0.717) is 30.7 Å². The molecule has 6 nitrogen and oxygen atoms in total. The van der Waals surface area contributed by atoms with Gasteiger partial charge in [0, 0.05) is 29.1 Å². The number of amides is 2. The van der Waals surface area contributed by atoms with E-state index < -0.39 is 81.8 Å². The molecule has 324 valence electrons. The maximum atomic E-state index is 14.2. The molecular formula is C38H43F13N4O2S. The standard InChI is InChI=1S/C20H24F6N2OS.C18H19F7N2O/c1-30-16-11-12(19(21,22)23)10-13(20(24,25)26)17(16)18(29)27-14-6-2-3-7-15(14)28-8-4-5-9-28;19-12-9-10(17(20,21)22)8-11(18(23,24)25)15(12)16(28)26-13-4-3-5-14(13)27-6-1-2-7-27/h10-11,14-15H,2-9H2,1H3,(H,27,29);8-9,13-14H,1-7H2,(H,26,28)/t14-,15+;13-,14+/m11/s1. The van der Waals surface area contributed by atoms with E-state index in [0.717, 1.165) is 84.0 Å². The fourth-order valence-corrected chi connectivity index (χ4v) is 9.16. The first-order valence-electron chi connectivity index (χ1n) is 18.9. The van der Waals surface area contributed by atoms with Crippen LogP contribution in [0.5, 0.6) is 0 Å². The Labute approximate surface area is 330 Å². The molecule has 4 aliphatic rings. The fourth-order valence-electron chi connectivity index (χ4n) is 8.51. The van der Waals surface area contributed by atoms with Crippen LogP contribution in [-0.4, -0.2) is 78.2 Å². The van der Waals surface area contributed by atoms with Gasteiger partial charge in [0.1, 0.15) is 5.82 Å². The van der Waals surface area contributed by atoms with E-state index in [9.17, 15) is 66.7 Å². The molecule has 4 atom stereocenters. The number of carbonyl (C=O) groups is 2. The number of benzene rings is 2. The predicted molar refractivity (Wildman–Crippen MR) is 189 cm³/mol. The molecule has 2 aliphatic carbocycles. The molecule has 0 bridgehead atoms. The van der Waals surface area contributed by atoms with Crippen LogP contribution in [0, 0.1) is 5.82 Å². The summed E-state index contributed by atoms with van der Waals surface area (Å²) in [4.78, 5) is 29.5. The van der Waals surface area contributed by atoms with Gasteiger partial charge in [-0.25, -0.2) is 4.39 Å². The molecule has 4 fully saturated rings. The normalized spacial score (nSPS) is 23.8. The molecule has 2 heterocycles. The SMILES string of the molecule is CSc1cc(C(F)(F)F)cc(C(F)(F)F)c1C(=O)N[C@@H]1CCCC[C@@H]1N1CCCC1.O=C(N[C@@H]1CCC[C@@H]1N1CCCC1)c1c(F)cc(C(F)(F)F)cc1C(F)(F)F. The van der Waals surface area contributed by atoms with Crippen molar-refractivity contribution in [1.82, 2.24) is 20.4 Å². The highest BCUT2D eigenvalue weighted by Crippen LogP contribution is 2.42. The summed E-state index contributed by atoms with van der Waals surface area (Å²) >= 11 is 0.701. The average molecular weight is 867 g/mol. The largest absolute Gasteiger partial charge is 0.417 e. The molecule has 20 heteroatoms. The number of alkyl halides is 12. The molecule has 2 N–H and O–H groups in total. The second kappa shape index (κ2) is 18.2. The Balaban J connectivity index is 0.000000221. The molecule has 2 aliphatic heterocycles. The van der Waals surface area contributed by atoms with Crippen LogP contribution in [0.4, 0.5) is 57.1 Å². The van der Waals surface area contributed by atoms with Crippen molar-refractivity contribution in [3.05, 3.63) is 63.5 Å². The molecule has 2 aromatic carbocycles. The number of likely N-dealkylation sites (tertiary alicyclic amines) is 2. The quantitative estimate of drug-likeness (QED) is 0.214. The van der Waals surface area contributed by atoms with Crippen LogP contribution >= 0.6 is 11.8 Å². The lowest BCUT2D eigenvalue weighted by molar-refractivity contribution is -0.145. The van der Waals surface area contributed by atoms with Gasteiger partial charge in [0.25, 0.3) is 11.8 Å². The lowest BCUT2D eigenvalue weighted by Gasteiger charge is -2.38. The smallest absolute Gasteiger partial charge is 0.348 e. The highest BCUT2D eigenvalue weighted by atomic mass is 32.2. The monoisotopic (exact) mass is 866 g/mol. The van der Waals surface area contributed by atoms with Crippen molar-refractivity contribution >= 4 is 23.6 Å². The summed E-state index contributed by atoms with van der Waals surface area (Å²) in [5.41, 5.74) is -8.80. The molecule has 2 amide bonds. The Bertz CT molecular complexity index is 1770. The third-order valence-corrected chi connectivity index (χ3v) is 12.0. The minimum Gasteiger partial charge on any atom is -0.348 e. The van der Waals surface area contributed by atoms with E-state index >= 15 is 0 Å². The van der Waals surface area contributed by atoms with Gasteiger partial charge >= 0.3 is 24.7 Å². The Morgan fingerprint density at radius 3 is 1.40 bits per heavy atom. The fraction of sp³-hybridized carbons (Fsp3) is 0.632. The van der Waals surface area contributed by atoms with E-state index in [1.807, 2.05) is 0 Å². The molecule has 2 saturated heterocycles. The summed E-state index contributed by atoms with van der Waals surface area (Å²) in [5, 5.41) is 5.16. The first kappa shape index (κ1) is 45.8. The topological polar surface area (TPSA) is 64.7 Å². The van der Waals surface area contributed by atoms with Crippen LogP contribution in [0.3, 0.4) is 0 Å². The maximum Gasteiger partial charge on any atom is 0.417 e. The third-order valence-electron chi connectivity index (χ3n) is 11.2. The molecule has 2 aromatic rings. The van der Waals surface area contributed by atoms with E-state index in [-0.39, 0.29) is 41.2 Å². The first-order valence-corrected chi connectivity index (χ1v) is 20.2. The summed E-state index contributed by atoms with van der Waals surface area (Å²) < 4.78 is 173. The number of rotatable bonds is 7. The molecule has 6 rings (SSSR count). The van der Waals surface area contributed by atoms with Crippen molar-refractivity contribution in [3.63, 3.8) is 0 Å². The van der Waals surface area contributed by atoms with Crippen molar-refractivity contribution < 1.29 is 66.7 Å². The van der Waals surface area contributed by atoms with Gasteiger partial charge in [-0.3, -0.25) is 19.4 Å². The Morgan fingerprint density at radius 2 is 0.948 bits per heavy atom. The second-order valence-corrected chi connectivity index (χ2v) is 15.8. The van der Waals surface area contributed by atoms with Gasteiger partial charge in [-0.15, -0.1) is 11.8 Å². The van der Waals surface area contributed by atoms with Gasteiger partial charge in [0.2, 0.25) is 0 Å². The highest BCUT2D eigenvalue weighted by molar-refractivity contribution is 7.98. The zero-order valence-corrected chi connectivity index (χ0v) is 32.1. The zero-order chi connectivity index (χ0) is 42.8. The van der Waals surface area contributed by atoms with Crippen molar-refractivity contribution in [2.75, 3.05) is 32.4 Å². The number of nitrogens with one attached hydrogen (secondary N) is 2. The molecule has 0 radical (unpaired) electrons. The molecule has 0 aromatic heterocycles. The molecule has 2 saturated carbocycles. The maximum absolute atomic E-state index is 14.2.